The Hall–Kier alpha value is -0.450. The molecule has 3 nitrogen and oxygen atoms in total. The van der Waals surface area contributed by atoms with E-state index in [9.17, 15) is 5.11 Å². The van der Waals surface area contributed by atoms with Gasteiger partial charge in [-0.15, -0.1) is 11.3 Å². The highest BCUT2D eigenvalue weighted by Crippen LogP contribution is 2.28. The van der Waals surface area contributed by atoms with Gasteiger partial charge < -0.3 is 10.4 Å². The van der Waals surface area contributed by atoms with Crippen LogP contribution in [0.5, 0.6) is 0 Å². The Morgan fingerprint density at radius 3 is 2.94 bits per heavy atom. The third-order valence-corrected chi connectivity index (χ3v) is 4.34. The molecular formula is C13H22N2OS. The number of aromatic nitrogens is 1. The first-order valence-corrected chi connectivity index (χ1v) is 7.36. The van der Waals surface area contributed by atoms with Crippen LogP contribution < -0.4 is 5.32 Å². The molecule has 1 aliphatic rings. The van der Waals surface area contributed by atoms with Gasteiger partial charge in [0.1, 0.15) is 0 Å². The largest absolute Gasteiger partial charge is 0.392 e. The molecule has 96 valence electrons. The van der Waals surface area contributed by atoms with Crippen molar-refractivity contribution in [3.63, 3.8) is 0 Å². The highest BCUT2D eigenvalue weighted by Gasteiger charge is 2.18. The van der Waals surface area contributed by atoms with Crippen molar-refractivity contribution in [3.05, 3.63) is 16.1 Å². The maximum Gasteiger partial charge on any atom is 0.0897 e. The molecule has 1 aromatic rings. The molecule has 2 N–H and O–H groups in total. The second-order valence-electron chi connectivity index (χ2n) is 5.02. The van der Waals surface area contributed by atoms with Gasteiger partial charge in [0, 0.05) is 24.2 Å². The molecule has 2 rings (SSSR count). The topological polar surface area (TPSA) is 45.2 Å². The monoisotopic (exact) mass is 254 g/mol. The summed E-state index contributed by atoms with van der Waals surface area (Å²) in [6.45, 7) is 3.55. The van der Waals surface area contributed by atoms with Crippen LogP contribution in [0, 0.1) is 12.8 Å². The van der Waals surface area contributed by atoms with Gasteiger partial charge >= 0.3 is 0 Å². The zero-order chi connectivity index (χ0) is 12.1. The van der Waals surface area contributed by atoms with Gasteiger partial charge in [-0.25, -0.2) is 4.98 Å². The number of thiazole rings is 1. The lowest BCUT2D eigenvalue weighted by Gasteiger charge is -2.15. The van der Waals surface area contributed by atoms with Gasteiger partial charge in [-0.3, -0.25) is 0 Å². The minimum Gasteiger partial charge on any atom is -0.392 e. The zero-order valence-corrected chi connectivity index (χ0v) is 11.3. The lowest BCUT2D eigenvalue weighted by Crippen LogP contribution is -2.27. The predicted octanol–water partition coefficient (Wildman–Crippen LogP) is 2.48. The smallest absolute Gasteiger partial charge is 0.0897 e. The van der Waals surface area contributed by atoms with Crippen LogP contribution in [0.2, 0.25) is 0 Å². The van der Waals surface area contributed by atoms with Crippen LogP contribution in [0.15, 0.2) is 6.20 Å². The summed E-state index contributed by atoms with van der Waals surface area (Å²) >= 11 is 1.72. The van der Waals surface area contributed by atoms with E-state index in [4.69, 9.17) is 0 Å². The molecule has 0 radical (unpaired) electrons. The second kappa shape index (κ2) is 6.47. The molecule has 4 heteroatoms. The van der Waals surface area contributed by atoms with Crippen molar-refractivity contribution in [1.82, 2.24) is 10.3 Å². The summed E-state index contributed by atoms with van der Waals surface area (Å²) in [6.07, 6.45) is 8.02. The van der Waals surface area contributed by atoms with Gasteiger partial charge in [0.25, 0.3) is 0 Å². The van der Waals surface area contributed by atoms with E-state index in [-0.39, 0.29) is 6.10 Å². The molecule has 0 amide bonds. The van der Waals surface area contributed by atoms with Crippen molar-refractivity contribution in [2.75, 3.05) is 6.54 Å². The molecule has 1 aromatic heterocycles. The molecule has 17 heavy (non-hydrogen) atoms. The maximum atomic E-state index is 9.92. The first kappa shape index (κ1) is 13.0. The van der Waals surface area contributed by atoms with Gasteiger partial charge in [-0.05, 0) is 19.3 Å². The van der Waals surface area contributed by atoms with E-state index < -0.39 is 0 Å². The van der Waals surface area contributed by atoms with Crippen LogP contribution in [0.3, 0.4) is 0 Å². The van der Waals surface area contributed by atoms with Crippen LogP contribution in [0.1, 0.15) is 42.0 Å². The van der Waals surface area contributed by atoms with E-state index in [2.05, 4.69) is 10.3 Å². The van der Waals surface area contributed by atoms with Gasteiger partial charge in [0.2, 0.25) is 0 Å². The fourth-order valence-electron chi connectivity index (χ4n) is 2.56. The van der Waals surface area contributed by atoms with Crippen molar-refractivity contribution in [3.8, 4) is 0 Å². The Balaban J connectivity index is 1.60. The summed E-state index contributed by atoms with van der Waals surface area (Å²) in [7, 11) is 0. The van der Waals surface area contributed by atoms with Crippen LogP contribution in [0.25, 0.3) is 0 Å². The standard InChI is InChI=1S/C13H22N2OS/c1-10-15-9-13(17-10)8-14-7-12(16)6-11-4-2-3-5-11/h9,11-12,14,16H,2-8H2,1H3. The van der Waals surface area contributed by atoms with Crippen molar-refractivity contribution in [2.45, 2.75) is 51.7 Å². The normalized spacial score (nSPS) is 18.7. The van der Waals surface area contributed by atoms with Crippen molar-refractivity contribution in [1.29, 1.82) is 0 Å². The Morgan fingerprint density at radius 1 is 1.53 bits per heavy atom. The summed E-state index contributed by atoms with van der Waals surface area (Å²) in [5, 5.41) is 14.3. The average molecular weight is 254 g/mol. The molecule has 0 spiro atoms. The van der Waals surface area contributed by atoms with Crippen LogP contribution in [-0.4, -0.2) is 22.7 Å². The summed E-state index contributed by atoms with van der Waals surface area (Å²) in [4.78, 5) is 5.46. The number of nitrogens with zero attached hydrogens (tertiary/aromatic N) is 1. The molecule has 1 heterocycles. The minimum absolute atomic E-state index is 0.188. The molecule has 1 unspecified atom stereocenters. The molecule has 0 bridgehead atoms. The number of hydrogen-bond acceptors (Lipinski definition) is 4. The Labute approximate surface area is 107 Å². The van der Waals surface area contributed by atoms with Gasteiger partial charge in [0.05, 0.1) is 11.1 Å². The third-order valence-electron chi connectivity index (χ3n) is 3.43. The molecule has 1 aliphatic carbocycles. The fourth-order valence-corrected chi connectivity index (χ4v) is 3.33. The molecule has 1 atom stereocenters. The maximum absolute atomic E-state index is 9.92. The molecule has 0 aromatic carbocycles. The van der Waals surface area contributed by atoms with Crippen LogP contribution in [-0.2, 0) is 6.54 Å². The first-order chi connectivity index (χ1) is 8.24. The second-order valence-corrected chi connectivity index (χ2v) is 6.34. The lowest BCUT2D eigenvalue weighted by atomic mass is 10.0. The lowest BCUT2D eigenvalue weighted by molar-refractivity contribution is 0.140. The van der Waals surface area contributed by atoms with Gasteiger partial charge in [-0.1, -0.05) is 25.7 Å². The Bertz CT molecular complexity index is 334. The number of hydrogen-bond donors (Lipinski definition) is 2. The van der Waals surface area contributed by atoms with E-state index in [0.29, 0.717) is 6.54 Å². The van der Waals surface area contributed by atoms with Crippen molar-refractivity contribution >= 4 is 11.3 Å². The number of aliphatic hydroxyl groups is 1. The molecule has 0 aliphatic heterocycles. The minimum atomic E-state index is -0.188. The van der Waals surface area contributed by atoms with E-state index in [1.807, 2.05) is 13.1 Å². The van der Waals surface area contributed by atoms with Crippen molar-refractivity contribution in [2.24, 2.45) is 5.92 Å². The zero-order valence-electron chi connectivity index (χ0n) is 10.5. The number of aryl methyl sites for hydroxylation is 1. The van der Waals surface area contributed by atoms with Crippen LogP contribution >= 0.6 is 11.3 Å². The van der Waals surface area contributed by atoms with E-state index in [0.717, 1.165) is 23.9 Å². The highest BCUT2D eigenvalue weighted by molar-refractivity contribution is 7.11. The van der Waals surface area contributed by atoms with Gasteiger partial charge in [-0.2, -0.15) is 0 Å². The Kier molecular flexibility index (Phi) is 4.95. The Morgan fingerprint density at radius 2 is 2.29 bits per heavy atom. The average Bonchev–Trinajstić information content (AvgIpc) is 2.90. The highest BCUT2D eigenvalue weighted by atomic mass is 32.1. The summed E-state index contributed by atoms with van der Waals surface area (Å²) < 4.78 is 0. The molecule has 1 fully saturated rings. The van der Waals surface area contributed by atoms with E-state index >= 15 is 0 Å². The molecular weight excluding hydrogens is 232 g/mol. The van der Waals surface area contributed by atoms with Gasteiger partial charge in [0.15, 0.2) is 0 Å². The predicted molar refractivity (Wildman–Crippen MR) is 71.1 cm³/mol. The number of nitrogens with one attached hydrogen (secondary N) is 1. The van der Waals surface area contributed by atoms with E-state index in [1.54, 1.807) is 11.3 Å². The quantitative estimate of drug-likeness (QED) is 0.820. The summed E-state index contributed by atoms with van der Waals surface area (Å²) in [5.74, 6) is 0.762. The SMILES string of the molecule is Cc1ncc(CNCC(O)CC2CCCC2)s1. The summed E-state index contributed by atoms with van der Waals surface area (Å²) in [6, 6.07) is 0. The number of aliphatic hydroxyl groups excluding tert-OH is 1. The molecule has 0 saturated heterocycles. The van der Waals surface area contributed by atoms with E-state index in [1.165, 1.54) is 30.6 Å². The molecule has 1 saturated carbocycles. The first-order valence-electron chi connectivity index (χ1n) is 6.54. The number of rotatable bonds is 6. The van der Waals surface area contributed by atoms with Crippen LogP contribution in [0.4, 0.5) is 0 Å². The third kappa shape index (κ3) is 4.37. The summed E-state index contributed by atoms with van der Waals surface area (Å²) in [5.41, 5.74) is 0. The fraction of sp³-hybridized carbons (Fsp3) is 0.769. The van der Waals surface area contributed by atoms with Crippen molar-refractivity contribution < 1.29 is 5.11 Å².